The first kappa shape index (κ1) is 20.1. The summed E-state index contributed by atoms with van der Waals surface area (Å²) in [6.07, 6.45) is -2.44. The third-order valence-electron chi connectivity index (χ3n) is 5.58. The largest absolute Gasteiger partial charge is 0.390 e. The molecule has 1 saturated heterocycles. The van der Waals surface area contributed by atoms with Gasteiger partial charge >= 0.3 is 0 Å². The van der Waals surface area contributed by atoms with Gasteiger partial charge in [-0.15, -0.1) is 0 Å². The van der Waals surface area contributed by atoms with Crippen molar-refractivity contribution in [2.75, 3.05) is 6.61 Å². The van der Waals surface area contributed by atoms with E-state index in [4.69, 9.17) is 4.74 Å². The van der Waals surface area contributed by atoms with Crippen LogP contribution in [0.3, 0.4) is 0 Å². The molecule has 0 spiro atoms. The number of hydrogen-bond acceptors (Lipinski definition) is 4. The molecule has 0 radical (unpaired) electrons. The van der Waals surface area contributed by atoms with Crippen molar-refractivity contribution in [3.8, 4) is 0 Å². The molecule has 5 heteroatoms. The van der Waals surface area contributed by atoms with E-state index in [1.54, 1.807) is 0 Å². The number of ether oxygens (including phenoxy) is 1. The summed E-state index contributed by atoms with van der Waals surface area (Å²) in [6.45, 7) is 0.315. The fourth-order valence-corrected chi connectivity index (χ4v) is 7.56. The smallest absolute Gasteiger partial charge is 0.153 e. The van der Waals surface area contributed by atoms with Crippen LogP contribution in [-0.2, 0) is 9.30 Å². The summed E-state index contributed by atoms with van der Waals surface area (Å²) >= 11 is 0. The lowest BCUT2D eigenvalue weighted by Crippen LogP contribution is -2.48. The lowest BCUT2D eigenvalue weighted by Gasteiger charge is -2.41. The molecular weight excluding hydrogens is 383 g/mol. The summed E-state index contributed by atoms with van der Waals surface area (Å²) in [4.78, 5) is 0. The Labute approximate surface area is 171 Å². The molecule has 3 aromatic carbocycles. The summed E-state index contributed by atoms with van der Waals surface area (Å²) in [5.74, 6) is 0. The van der Waals surface area contributed by atoms with E-state index in [-0.39, 0.29) is 0 Å². The normalized spacial score (nSPS) is 23.4. The SMILES string of the molecule is O=P(c1ccccc1)(c1ccccc1)[C@@H](c1ccccc1)[C@H]1OCC[C@@H](O)[C@@H]1O. The molecule has 1 heterocycles. The zero-order chi connectivity index (χ0) is 20.3. The summed E-state index contributed by atoms with van der Waals surface area (Å²) in [5.41, 5.74) is 0.195. The van der Waals surface area contributed by atoms with Crippen molar-refractivity contribution in [2.24, 2.45) is 0 Å². The van der Waals surface area contributed by atoms with Gasteiger partial charge in [-0.2, -0.15) is 0 Å². The summed E-state index contributed by atoms with van der Waals surface area (Å²) in [7, 11) is -3.28. The molecule has 4 nitrogen and oxygen atoms in total. The zero-order valence-corrected chi connectivity index (χ0v) is 16.9. The molecule has 1 fully saturated rings. The van der Waals surface area contributed by atoms with Gasteiger partial charge in [-0.05, 0) is 12.0 Å². The van der Waals surface area contributed by atoms with E-state index >= 15 is 0 Å². The van der Waals surface area contributed by atoms with Crippen LogP contribution in [0.4, 0.5) is 0 Å². The van der Waals surface area contributed by atoms with Gasteiger partial charge in [0.1, 0.15) is 12.2 Å². The highest BCUT2D eigenvalue weighted by atomic mass is 31.2. The van der Waals surface area contributed by atoms with Crippen LogP contribution >= 0.6 is 7.14 Å². The first-order valence-corrected chi connectivity index (χ1v) is 11.6. The van der Waals surface area contributed by atoms with Gasteiger partial charge in [-0.3, -0.25) is 0 Å². The number of aliphatic hydroxyl groups is 2. The minimum Gasteiger partial charge on any atom is -0.390 e. The van der Waals surface area contributed by atoms with Crippen LogP contribution in [0.25, 0.3) is 0 Å². The molecule has 4 atom stereocenters. The van der Waals surface area contributed by atoms with Crippen molar-refractivity contribution in [1.29, 1.82) is 0 Å². The molecule has 0 aromatic heterocycles. The van der Waals surface area contributed by atoms with Crippen molar-refractivity contribution < 1.29 is 19.5 Å². The van der Waals surface area contributed by atoms with Crippen molar-refractivity contribution in [3.63, 3.8) is 0 Å². The topological polar surface area (TPSA) is 66.8 Å². The molecule has 0 unspecified atom stereocenters. The Morgan fingerprint density at radius 1 is 0.793 bits per heavy atom. The standard InChI is InChI=1S/C24H25O4P/c25-21-16-17-28-23(22(21)26)24(18-10-4-1-5-11-18)29(27,19-12-6-2-7-13-19)20-14-8-3-9-15-20/h1-15,21-26H,16-17H2/t21-,22+,23+,24+/m1/s1. The van der Waals surface area contributed by atoms with E-state index in [9.17, 15) is 14.8 Å². The van der Waals surface area contributed by atoms with Crippen LogP contribution < -0.4 is 10.6 Å². The molecule has 150 valence electrons. The second kappa shape index (κ2) is 8.64. The van der Waals surface area contributed by atoms with Crippen LogP contribution in [0, 0.1) is 0 Å². The van der Waals surface area contributed by atoms with E-state index in [1.807, 2.05) is 91.0 Å². The lowest BCUT2D eigenvalue weighted by atomic mass is 9.96. The molecular formula is C24H25O4P. The Hall–Kier alpha value is -2.23. The van der Waals surface area contributed by atoms with Crippen LogP contribution in [0.2, 0.25) is 0 Å². The monoisotopic (exact) mass is 408 g/mol. The zero-order valence-electron chi connectivity index (χ0n) is 16.0. The molecule has 4 rings (SSSR count). The van der Waals surface area contributed by atoms with Crippen LogP contribution in [0.1, 0.15) is 17.6 Å². The molecule has 1 aliphatic rings. The van der Waals surface area contributed by atoms with Crippen molar-refractivity contribution in [1.82, 2.24) is 0 Å². The van der Waals surface area contributed by atoms with Crippen LogP contribution in [0.5, 0.6) is 0 Å². The molecule has 0 saturated carbocycles. The molecule has 0 amide bonds. The molecule has 0 bridgehead atoms. The average molecular weight is 408 g/mol. The molecule has 2 N–H and O–H groups in total. The number of benzene rings is 3. The Kier molecular flexibility index (Phi) is 5.98. The van der Waals surface area contributed by atoms with E-state index in [1.165, 1.54) is 0 Å². The van der Waals surface area contributed by atoms with Gasteiger partial charge in [0.15, 0.2) is 7.14 Å². The number of aliphatic hydroxyl groups excluding tert-OH is 2. The third kappa shape index (κ3) is 3.82. The maximum Gasteiger partial charge on any atom is 0.153 e. The Morgan fingerprint density at radius 2 is 1.28 bits per heavy atom. The van der Waals surface area contributed by atoms with Gasteiger partial charge in [-0.1, -0.05) is 91.0 Å². The minimum atomic E-state index is -3.28. The second-order valence-corrected chi connectivity index (χ2v) is 10.3. The third-order valence-corrected chi connectivity index (χ3v) is 9.08. The quantitative estimate of drug-likeness (QED) is 0.636. The van der Waals surface area contributed by atoms with Gasteiger partial charge in [0, 0.05) is 17.2 Å². The Balaban J connectivity index is 1.96. The minimum absolute atomic E-state index is 0.315. The molecule has 1 aliphatic heterocycles. The average Bonchev–Trinajstić information content (AvgIpc) is 2.78. The highest BCUT2D eigenvalue weighted by Gasteiger charge is 2.48. The fraction of sp³-hybridized carbons (Fsp3) is 0.250. The predicted molar refractivity (Wildman–Crippen MR) is 115 cm³/mol. The van der Waals surface area contributed by atoms with Gasteiger partial charge in [0.2, 0.25) is 0 Å². The Morgan fingerprint density at radius 3 is 1.79 bits per heavy atom. The van der Waals surface area contributed by atoms with Gasteiger partial charge < -0.3 is 19.5 Å². The highest BCUT2D eigenvalue weighted by molar-refractivity contribution is 7.79. The maximum absolute atomic E-state index is 15.0. The summed E-state index contributed by atoms with van der Waals surface area (Å²) in [6, 6.07) is 28.3. The van der Waals surface area contributed by atoms with Gasteiger partial charge in [-0.25, -0.2) is 0 Å². The molecule has 29 heavy (non-hydrogen) atoms. The predicted octanol–water partition coefficient (Wildman–Crippen LogP) is 3.25. The van der Waals surface area contributed by atoms with Crippen LogP contribution in [0.15, 0.2) is 91.0 Å². The summed E-state index contributed by atoms with van der Waals surface area (Å²) in [5, 5.41) is 22.6. The number of rotatable bonds is 5. The first-order valence-electron chi connectivity index (χ1n) is 9.86. The van der Waals surface area contributed by atoms with Crippen molar-refractivity contribution in [3.05, 3.63) is 96.6 Å². The van der Waals surface area contributed by atoms with E-state index in [2.05, 4.69) is 0 Å². The summed E-state index contributed by atoms with van der Waals surface area (Å²) < 4.78 is 21.0. The van der Waals surface area contributed by atoms with Gasteiger partial charge in [0.05, 0.1) is 11.8 Å². The molecule has 3 aromatic rings. The van der Waals surface area contributed by atoms with Crippen molar-refractivity contribution in [2.45, 2.75) is 30.4 Å². The second-order valence-electron chi connectivity index (χ2n) is 7.37. The number of hydrogen-bond donors (Lipinski definition) is 2. The van der Waals surface area contributed by atoms with E-state index < -0.39 is 31.1 Å². The fourth-order valence-electron chi connectivity index (χ4n) is 4.12. The molecule has 0 aliphatic carbocycles. The maximum atomic E-state index is 15.0. The van der Waals surface area contributed by atoms with E-state index in [0.29, 0.717) is 23.6 Å². The van der Waals surface area contributed by atoms with Gasteiger partial charge in [0.25, 0.3) is 0 Å². The van der Waals surface area contributed by atoms with Crippen LogP contribution in [-0.4, -0.2) is 35.1 Å². The first-order chi connectivity index (χ1) is 14.1. The lowest BCUT2D eigenvalue weighted by molar-refractivity contribution is -0.135. The van der Waals surface area contributed by atoms with Crippen molar-refractivity contribution >= 4 is 17.8 Å². The van der Waals surface area contributed by atoms with E-state index in [0.717, 1.165) is 5.56 Å². The highest BCUT2D eigenvalue weighted by Crippen LogP contribution is 2.60. The Bertz CT molecular complexity index is 918.